The number of carbonyl (C=O) groups excluding carboxylic acids is 3. The Morgan fingerprint density at radius 1 is 0.969 bits per heavy atom. The summed E-state index contributed by atoms with van der Waals surface area (Å²) in [6.45, 7) is 0. The molecule has 0 atom stereocenters. The highest BCUT2D eigenvalue weighted by molar-refractivity contribution is 6.25. The molecular weight excluding hydrogens is 417 g/mol. The van der Waals surface area contributed by atoms with Crippen LogP contribution in [0.2, 0.25) is 0 Å². The number of Topliss-reactive ketones (excluding diaryl/α,β-unsaturated/α-hetero) is 1. The van der Waals surface area contributed by atoms with E-state index in [0.29, 0.717) is 11.3 Å². The molecule has 0 bridgehead atoms. The van der Waals surface area contributed by atoms with Crippen LogP contribution < -0.4 is 11.1 Å². The summed E-state index contributed by atoms with van der Waals surface area (Å²) in [5.41, 5.74) is 5.27. The molecule has 3 N–H and O–H groups in total. The Morgan fingerprint density at radius 3 is 2.25 bits per heavy atom. The molecule has 1 aliphatic rings. The number of amides is 1. The highest BCUT2D eigenvalue weighted by Gasteiger charge is 2.26. The predicted octanol–water partition coefficient (Wildman–Crippen LogP) is 3.87. The summed E-state index contributed by atoms with van der Waals surface area (Å²) in [6, 6.07) is 14.2. The molecule has 1 aliphatic carbocycles. The lowest BCUT2D eigenvalue weighted by Gasteiger charge is -2.17. The number of anilines is 1. The number of nitro benzene ring substituents is 1. The van der Waals surface area contributed by atoms with Crippen molar-refractivity contribution in [3.63, 3.8) is 0 Å². The minimum atomic E-state index is -1.18. The maximum Gasteiger partial charge on any atom is 0.305 e. The molecule has 32 heavy (non-hydrogen) atoms. The Labute approximate surface area is 180 Å². The molecule has 3 aromatic carbocycles. The molecule has 0 spiro atoms. The lowest BCUT2D eigenvalue weighted by atomic mass is 9.92. The zero-order chi connectivity index (χ0) is 23.0. The number of benzene rings is 3. The number of nitrogens with one attached hydrogen (secondary N) is 1. The summed E-state index contributed by atoms with van der Waals surface area (Å²) < 4.78 is 14.8. The lowest BCUT2D eigenvalue weighted by Crippen LogP contribution is -2.21. The van der Waals surface area contributed by atoms with E-state index in [1.165, 1.54) is 30.3 Å². The maximum absolute atomic E-state index is 14.8. The summed E-state index contributed by atoms with van der Waals surface area (Å²) in [7, 11) is 0. The van der Waals surface area contributed by atoms with E-state index >= 15 is 0 Å². The molecule has 0 saturated heterocycles. The maximum atomic E-state index is 14.8. The van der Waals surface area contributed by atoms with Crippen molar-refractivity contribution in [3.05, 3.63) is 105 Å². The van der Waals surface area contributed by atoms with Gasteiger partial charge in [0.2, 0.25) is 17.5 Å². The van der Waals surface area contributed by atoms with Crippen LogP contribution >= 0.6 is 0 Å². The van der Waals surface area contributed by atoms with Crippen molar-refractivity contribution in [2.45, 2.75) is 0 Å². The third-order valence-corrected chi connectivity index (χ3v) is 4.99. The number of nitro groups is 1. The molecule has 4 rings (SSSR count). The zero-order valence-electron chi connectivity index (χ0n) is 16.3. The summed E-state index contributed by atoms with van der Waals surface area (Å²) in [5, 5.41) is 13.9. The van der Waals surface area contributed by atoms with Gasteiger partial charge in [-0.15, -0.1) is 0 Å². The first-order valence-corrected chi connectivity index (χ1v) is 9.32. The average Bonchev–Trinajstić information content (AvgIpc) is 2.77. The highest BCUT2D eigenvalue weighted by atomic mass is 19.1. The topological polar surface area (TPSA) is 132 Å². The van der Waals surface area contributed by atoms with Crippen molar-refractivity contribution >= 4 is 28.8 Å². The number of fused-ring (bicyclic) bond motifs is 1. The first-order valence-electron chi connectivity index (χ1n) is 9.32. The van der Waals surface area contributed by atoms with Crippen LogP contribution in [0.15, 0.2) is 72.4 Å². The van der Waals surface area contributed by atoms with E-state index in [0.717, 1.165) is 12.1 Å². The van der Waals surface area contributed by atoms with Gasteiger partial charge in [0.25, 0.3) is 0 Å². The van der Waals surface area contributed by atoms with Crippen LogP contribution in [0.5, 0.6) is 0 Å². The van der Waals surface area contributed by atoms with Gasteiger partial charge in [0.1, 0.15) is 0 Å². The second kappa shape index (κ2) is 7.88. The Bertz CT molecular complexity index is 1350. The molecule has 0 saturated carbocycles. The van der Waals surface area contributed by atoms with Crippen molar-refractivity contribution < 1.29 is 23.7 Å². The number of ketones is 2. The minimum Gasteiger partial charge on any atom is -0.366 e. The number of rotatable bonds is 5. The fourth-order valence-electron chi connectivity index (χ4n) is 3.48. The van der Waals surface area contributed by atoms with E-state index in [4.69, 9.17) is 5.73 Å². The van der Waals surface area contributed by atoms with Gasteiger partial charge in [-0.25, -0.2) is 0 Å². The number of carbonyl (C=O) groups is 3. The van der Waals surface area contributed by atoms with E-state index in [1.807, 2.05) is 0 Å². The van der Waals surface area contributed by atoms with E-state index in [9.17, 15) is 28.9 Å². The quantitative estimate of drug-likeness (QED) is 0.465. The zero-order valence-corrected chi connectivity index (χ0v) is 16.3. The Hall–Kier alpha value is -4.66. The normalized spacial score (nSPS) is 12.7. The molecule has 0 radical (unpaired) electrons. The van der Waals surface area contributed by atoms with Gasteiger partial charge in [-0.2, -0.15) is 4.39 Å². The Kier molecular flexibility index (Phi) is 5.07. The highest BCUT2D eigenvalue weighted by Crippen LogP contribution is 2.33. The summed E-state index contributed by atoms with van der Waals surface area (Å²) in [6.07, 6.45) is 1.20. The molecule has 9 heteroatoms. The molecule has 158 valence electrons. The van der Waals surface area contributed by atoms with Crippen molar-refractivity contribution in [2.75, 3.05) is 5.32 Å². The summed E-state index contributed by atoms with van der Waals surface area (Å²) in [5.74, 6) is -2.79. The van der Waals surface area contributed by atoms with E-state index < -0.39 is 22.3 Å². The fourth-order valence-corrected chi connectivity index (χ4v) is 3.48. The van der Waals surface area contributed by atoms with Crippen LogP contribution in [0, 0.1) is 15.9 Å². The second-order valence-electron chi connectivity index (χ2n) is 6.94. The number of nitrogens with zero attached hydrogens (tertiary/aromatic N) is 1. The van der Waals surface area contributed by atoms with Crippen molar-refractivity contribution in [3.8, 4) is 11.1 Å². The number of nitrogens with two attached hydrogens (primary N) is 1. The number of allylic oxidation sites excluding steroid dienone is 2. The fraction of sp³-hybridized carbons (Fsp3) is 0. The molecule has 0 aromatic heterocycles. The van der Waals surface area contributed by atoms with Gasteiger partial charge in [0, 0.05) is 34.5 Å². The molecular formula is C23H14FN3O5. The monoisotopic (exact) mass is 431 g/mol. The van der Waals surface area contributed by atoms with Gasteiger partial charge in [0.15, 0.2) is 5.78 Å². The molecule has 3 aromatic rings. The van der Waals surface area contributed by atoms with Crippen LogP contribution in [0.25, 0.3) is 11.1 Å². The number of hydrogen-bond acceptors (Lipinski definition) is 6. The standard InChI is InChI=1S/C23H14FN3O5/c24-21-18(27(31)32)10-9-16(23(25)30)20(21)12-5-7-13(8-6-12)26-17-11-19(28)14-3-1-2-4-15(14)22(17)29/h1-11,26H,(H2,25,30). The Balaban J connectivity index is 1.68. The van der Waals surface area contributed by atoms with Crippen LogP contribution in [-0.2, 0) is 0 Å². The van der Waals surface area contributed by atoms with Gasteiger partial charge in [-0.3, -0.25) is 24.5 Å². The molecule has 1 amide bonds. The summed E-state index contributed by atoms with van der Waals surface area (Å²) in [4.78, 5) is 46.9. The molecule has 0 aliphatic heterocycles. The minimum absolute atomic E-state index is 0.0702. The molecule has 0 heterocycles. The molecule has 0 unspecified atom stereocenters. The van der Waals surface area contributed by atoms with Gasteiger partial charge < -0.3 is 11.1 Å². The average molecular weight is 431 g/mol. The smallest absolute Gasteiger partial charge is 0.305 e. The van der Waals surface area contributed by atoms with E-state index in [-0.39, 0.29) is 39.5 Å². The number of primary amides is 1. The third-order valence-electron chi connectivity index (χ3n) is 4.99. The predicted molar refractivity (Wildman–Crippen MR) is 114 cm³/mol. The van der Waals surface area contributed by atoms with Gasteiger partial charge in [-0.1, -0.05) is 36.4 Å². The Morgan fingerprint density at radius 2 is 1.62 bits per heavy atom. The van der Waals surface area contributed by atoms with Crippen LogP contribution in [0.1, 0.15) is 31.1 Å². The second-order valence-corrected chi connectivity index (χ2v) is 6.94. The largest absolute Gasteiger partial charge is 0.366 e. The van der Waals surface area contributed by atoms with Crippen LogP contribution in [0.4, 0.5) is 15.8 Å². The lowest BCUT2D eigenvalue weighted by molar-refractivity contribution is -0.387. The molecule has 0 fully saturated rings. The van der Waals surface area contributed by atoms with Gasteiger partial charge >= 0.3 is 5.69 Å². The van der Waals surface area contributed by atoms with Gasteiger partial charge in [0.05, 0.1) is 16.2 Å². The van der Waals surface area contributed by atoms with E-state index in [2.05, 4.69) is 5.32 Å². The number of hydrogen-bond donors (Lipinski definition) is 2. The first-order chi connectivity index (χ1) is 15.3. The van der Waals surface area contributed by atoms with E-state index in [1.54, 1.807) is 24.3 Å². The van der Waals surface area contributed by atoms with Crippen molar-refractivity contribution in [1.29, 1.82) is 0 Å². The third kappa shape index (κ3) is 3.52. The SMILES string of the molecule is NC(=O)c1ccc([N+](=O)[O-])c(F)c1-c1ccc(NC2=CC(=O)c3ccccc3C2=O)cc1. The number of halogens is 1. The summed E-state index contributed by atoms with van der Waals surface area (Å²) >= 11 is 0. The van der Waals surface area contributed by atoms with Crippen molar-refractivity contribution in [1.82, 2.24) is 0 Å². The first kappa shape index (κ1) is 20.6. The van der Waals surface area contributed by atoms with Crippen LogP contribution in [-0.4, -0.2) is 22.4 Å². The van der Waals surface area contributed by atoms with Crippen LogP contribution in [0.3, 0.4) is 0 Å². The molecule has 8 nitrogen and oxygen atoms in total. The van der Waals surface area contributed by atoms with Crippen molar-refractivity contribution in [2.24, 2.45) is 5.73 Å². The van der Waals surface area contributed by atoms with Gasteiger partial charge in [-0.05, 0) is 23.8 Å².